The number of amides is 2. The standard InChI is InChI=1S/C20H26N6OS/c1-28-17-6-4-5-16(13-17)23-20(27)26-11-9-25(10-12-26)19-14-18(21-15-22-19)24-7-2-3-8-24/h4-6,13-15H,2-3,7-12H2,1H3,(H,23,27). The Kier molecular flexibility index (Phi) is 5.85. The van der Waals surface area contributed by atoms with Gasteiger partial charge in [-0.25, -0.2) is 14.8 Å². The van der Waals surface area contributed by atoms with Crippen molar-refractivity contribution in [1.29, 1.82) is 0 Å². The molecule has 7 nitrogen and oxygen atoms in total. The number of nitrogens with one attached hydrogen (secondary N) is 1. The molecule has 1 N–H and O–H groups in total. The van der Waals surface area contributed by atoms with Crippen LogP contribution in [0.5, 0.6) is 0 Å². The predicted octanol–water partition coefficient (Wildman–Crippen LogP) is 3.15. The third-order valence-corrected chi connectivity index (χ3v) is 6.01. The van der Waals surface area contributed by atoms with E-state index < -0.39 is 0 Å². The molecule has 0 saturated carbocycles. The van der Waals surface area contributed by atoms with Crippen LogP contribution in [0, 0.1) is 0 Å². The number of anilines is 3. The van der Waals surface area contributed by atoms with Crippen molar-refractivity contribution in [1.82, 2.24) is 14.9 Å². The fourth-order valence-corrected chi connectivity index (χ4v) is 4.13. The highest BCUT2D eigenvalue weighted by molar-refractivity contribution is 7.98. The second-order valence-electron chi connectivity index (χ2n) is 7.06. The third-order valence-electron chi connectivity index (χ3n) is 5.28. The topological polar surface area (TPSA) is 64.6 Å². The van der Waals surface area contributed by atoms with Gasteiger partial charge in [0.1, 0.15) is 18.0 Å². The molecule has 0 atom stereocenters. The van der Waals surface area contributed by atoms with Crippen LogP contribution in [-0.4, -0.2) is 66.4 Å². The van der Waals surface area contributed by atoms with E-state index in [4.69, 9.17) is 0 Å². The molecular weight excluding hydrogens is 372 g/mol. The van der Waals surface area contributed by atoms with Gasteiger partial charge in [-0.15, -0.1) is 11.8 Å². The molecule has 148 valence electrons. The quantitative estimate of drug-likeness (QED) is 0.798. The van der Waals surface area contributed by atoms with Crippen LogP contribution in [0.4, 0.5) is 22.1 Å². The number of rotatable bonds is 4. The summed E-state index contributed by atoms with van der Waals surface area (Å²) in [5, 5.41) is 3.01. The van der Waals surface area contributed by atoms with Crippen LogP contribution < -0.4 is 15.1 Å². The maximum absolute atomic E-state index is 12.6. The van der Waals surface area contributed by atoms with Gasteiger partial charge in [0, 0.05) is 55.9 Å². The lowest BCUT2D eigenvalue weighted by atomic mass is 10.3. The van der Waals surface area contributed by atoms with Gasteiger partial charge in [0.05, 0.1) is 0 Å². The summed E-state index contributed by atoms with van der Waals surface area (Å²) in [6, 6.07) is 9.96. The first-order valence-electron chi connectivity index (χ1n) is 9.75. The van der Waals surface area contributed by atoms with Crippen LogP contribution in [0.15, 0.2) is 41.6 Å². The molecule has 2 saturated heterocycles. The molecule has 0 spiro atoms. The van der Waals surface area contributed by atoms with Gasteiger partial charge in [0.15, 0.2) is 0 Å². The fourth-order valence-electron chi connectivity index (χ4n) is 3.67. The molecule has 8 heteroatoms. The summed E-state index contributed by atoms with van der Waals surface area (Å²) in [7, 11) is 0. The molecule has 2 aliphatic heterocycles. The first-order chi connectivity index (χ1) is 13.7. The smallest absolute Gasteiger partial charge is 0.321 e. The molecule has 2 aromatic rings. The number of urea groups is 1. The Morgan fingerprint density at radius 2 is 1.64 bits per heavy atom. The Morgan fingerprint density at radius 1 is 0.964 bits per heavy atom. The maximum Gasteiger partial charge on any atom is 0.321 e. The van der Waals surface area contributed by atoms with Crippen LogP contribution in [0.3, 0.4) is 0 Å². The fraction of sp³-hybridized carbons (Fsp3) is 0.450. The van der Waals surface area contributed by atoms with Crippen LogP contribution >= 0.6 is 11.8 Å². The number of hydrogen-bond acceptors (Lipinski definition) is 6. The largest absolute Gasteiger partial charge is 0.356 e. The molecule has 3 heterocycles. The summed E-state index contributed by atoms with van der Waals surface area (Å²) in [5.41, 5.74) is 0.838. The second-order valence-corrected chi connectivity index (χ2v) is 7.94. The molecule has 2 fully saturated rings. The van der Waals surface area contributed by atoms with Gasteiger partial charge < -0.3 is 20.0 Å². The molecule has 28 heavy (non-hydrogen) atoms. The van der Waals surface area contributed by atoms with Crippen molar-refractivity contribution >= 4 is 35.1 Å². The Morgan fingerprint density at radius 3 is 2.32 bits per heavy atom. The molecule has 2 aliphatic rings. The highest BCUT2D eigenvalue weighted by Crippen LogP contribution is 2.23. The number of nitrogens with zero attached hydrogens (tertiary/aromatic N) is 5. The number of benzene rings is 1. The van der Waals surface area contributed by atoms with Crippen LogP contribution in [0.1, 0.15) is 12.8 Å². The van der Waals surface area contributed by atoms with Gasteiger partial charge in [-0.1, -0.05) is 6.07 Å². The van der Waals surface area contributed by atoms with Crippen molar-refractivity contribution in [2.45, 2.75) is 17.7 Å². The zero-order chi connectivity index (χ0) is 19.3. The van der Waals surface area contributed by atoms with Crippen molar-refractivity contribution in [2.75, 3.05) is 60.6 Å². The van der Waals surface area contributed by atoms with Crippen LogP contribution in [0.25, 0.3) is 0 Å². The van der Waals surface area contributed by atoms with E-state index >= 15 is 0 Å². The first kappa shape index (κ1) is 18.9. The summed E-state index contributed by atoms with van der Waals surface area (Å²) >= 11 is 1.67. The average Bonchev–Trinajstić information content (AvgIpc) is 3.29. The van der Waals surface area contributed by atoms with Gasteiger partial charge in [0.2, 0.25) is 0 Å². The monoisotopic (exact) mass is 398 g/mol. The normalized spacial score (nSPS) is 17.1. The van der Waals surface area contributed by atoms with E-state index in [-0.39, 0.29) is 6.03 Å². The van der Waals surface area contributed by atoms with Gasteiger partial charge in [-0.2, -0.15) is 0 Å². The number of aromatic nitrogens is 2. The number of piperazine rings is 1. The van der Waals surface area contributed by atoms with Gasteiger partial charge in [-0.05, 0) is 37.3 Å². The van der Waals surface area contributed by atoms with Crippen molar-refractivity contribution in [2.24, 2.45) is 0 Å². The molecule has 0 unspecified atom stereocenters. The van der Waals surface area contributed by atoms with Crippen LogP contribution in [-0.2, 0) is 0 Å². The van der Waals surface area contributed by atoms with E-state index in [1.165, 1.54) is 12.8 Å². The number of carbonyl (C=O) groups excluding carboxylic acids is 1. The average molecular weight is 399 g/mol. The minimum atomic E-state index is -0.0432. The van der Waals surface area contributed by atoms with Gasteiger partial charge in [-0.3, -0.25) is 0 Å². The van der Waals surface area contributed by atoms with Crippen molar-refractivity contribution in [3.05, 3.63) is 36.7 Å². The number of hydrogen-bond donors (Lipinski definition) is 1. The predicted molar refractivity (Wildman–Crippen MR) is 115 cm³/mol. The molecule has 0 radical (unpaired) electrons. The summed E-state index contributed by atoms with van der Waals surface area (Å²) < 4.78 is 0. The molecular formula is C20H26N6OS. The van der Waals surface area contributed by atoms with Crippen molar-refractivity contribution < 1.29 is 4.79 Å². The summed E-state index contributed by atoms with van der Waals surface area (Å²) in [4.78, 5) is 29.0. The summed E-state index contributed by atoms with van der Waals surface area (Å²) in [6.45, 7) is 5.04. The molecule has 4 rings (SSSR count). The van der Waals surface area contributed by atoms with E-state index in [0.29, 0.717) is 13.1 Å². The Balaban J connectivity index is 1.34. The van der Waals surface area contributed by atoms with Crippen molar-refractivity contribution in [3.63, 3.8) is 0 Å². The second kappa shape index (κ2) is 8.68. The van der Waals surface area contributed by atoms with Gasteiger partial charge >= 0.3 is 6.03 Å². The Labute approximate surface area is 170 Å². The zero-order valence-electron chi connectivity index (χ0n) is 16.2. The summed E-state index contributed by atoms with van der Waals surface area (Å²) in [5.74, 6) is 1.96. The van der Waals surface area contributed by atoms with E-state index in [9.17, 15) is 4.79 Å². The van der Waals surface area contributed by atoms with E-state index in [1.807, 2.05) is 35.4 Å². The number of carbonyl (C=O) groups is 1. The molecule has 1 aromatic heterocycles. The van der Waals surface area contributed by atoms with Crippen LogP contribution in [0.2, 0.25) is 0 Å². The lowest BCUT2D eigenvalue weighted by Crippen LogP contribution is -2.50. The minimum Gasteiger partial charge on any atom is -0.356 e. The van der Waals surface area contributed by atoms with Gasteiger partial charge in [0.25, 0.3) is 0 Å². The number of thioether (sulfide) groups is 1. The third kappa shape index (κ3) is 4.32. The summed E-state index contributed by atoms with van der Waals surface area (Å²) in [6.07, 6.45) is 6.14. The molecule has 2 amide bonds. The maximum atomic E-state index is 12.6. The Bertz CT molecular complexity index is 818. The Hall–Kier alpha value is -2.48. The lowest BCUT2D eigenvalue weighted by Gasteiger charge is -2.35. The van der Waals surface area contributed by atoms with Crippen molar-refractivity contribution in [3.8, 4) is 0 Å². The minimum absolute atomic E-state index is 0.0432. The van der Waals surface area contributed by atoms with E-state index in [1.54, 1.807) is 18.1 Å². The molecule has 0 aliphatic carbocycles. The highest BCUT2D eigenvalue weighted by atomic mass is 32.2. The van der Waals surface area contributed by atoms with E-state index in [2.05, 4.69) is 31.2 Å². The highest BCUT2D eigenvalue weighted by Gasteiger charge is 2.23. The lowest BCUT2D eigenvalue weighted by molar-refractivity contribution is 0.208. The first-order valence-corrected chi connectivity index (χ1v) is 11.0. The SMILES string of the molecule is CSc1cccc(NC(=O)N2CCN(c3cc(N4CCCC4)ncn3)CC2)c1. The van der Waals surface area contributed by atoms with E-state index in [0.717, 1.165) is 48.4 Å². The molecule has 1 aromatic carbocycles. The zero-order valence-corrected chi connectivity index (χ0v) is 17.0. The molecule has 0 bridgehead atoms.